The Morgan fingerprint density at radius 3 is 2.06 bits per heavy atom. The number of carbonyl (C=O) groups is 1. The van der Waals surface area contributed by atoms with Gasteiger partial charge in [0.2, 0.25) is 5.95 Å². The molecule has 10 nitrogen and oxygen atoms in total. The molecular weight excluding hydrogens is 740 g/mol. The van der Waals surface area contributed by atoms with Gasteiger partial charge in [-0.1, -0.05) is 0 Å². The maximum atomic E-state index is 15.1. The maximum Gasteiger partial charge on any atom is 1.00 e. The van der Waals surface area contributed by atoms with Crippen molar-refractivity contribution in [2.24, 2.45) is 0 Å². The van der Waals surface area contributed by atoms with Gasteiger partial charge in [-0.05, 0) is 79.8 Å². The quantitative estimate of drug-likeness (QED) is 0.115. The Bertz CT molecular complexity index is 2000. The van der Waals surface area contributed by atoms with Crippen LogP contribution in [-0.4, -0.2) is 41.9 Å². The van der Waals surface area contributed by atoms with Crippen LogP contribution in [0.5, 0.6) is 17.2 Å². The van der Waals surface area contributed by atoms with Gasteiger partial charge in [-0.3, -0.25) is 0 Å². The number of ether oxygens (including phenoxy) is 3. The van der Waals surface area contributed by atoms with Crippen molar-refractivity contribution in [3.05, 3.63) is 94.1 Å². The zero-order valence-corrected chi connectivity index (χ0v) is 31.7. The van der Waals surface area contributed by atoms with E-state index in [9.17, 15) is 46.6 Å². The monoisotopic (exact) mass is 772 g/mol. The molecule has 0 aliphatic carbocycles. The van der Waals surface area contributed by atoms with Crippen molar-refractivity contribution in [2.45, 2.75) is 57.7 Å². The van der Waals surface area contributed by atoms with E-state index in [-0.39, 0.29) is 99.8 Å². The summed E-state index contributed by atoms with van der Waals surface area (Å²) in [5, 5.41) is 30.9. The van der Waals surface area contributed by atoms with Crippen molar-refractivity contribution >= 4 is 11.9 Å². The Labute approximate surface area is 327 Å². The molecule has 4 rings (SSSR count). The molecule has 1 heterocycles. The van der Waals surface area contributed by atoms with Gasteiger partial charge in [0.15, 0.2) is 5.75 Å². The molecule has 0 radical (unpaired) electrons. The van der Waals surface area contributed by atoms with E-state index in [1.54, 1.807) is 6.07 Å². The molecule has 0 spiro atoms. The molecule has 1 N–H and O–H groups in total. The topological polar surface area (TPSA) is 141 Å². The Morgan fingerprint density at radius 1 is 0.889 bits per heavy atom. The normalized spacial score (nSPS) is 11.7. The van der Waals surface area contributed by atoms with Gasteiger partial charge in [0, 0.05) is 36.3 Å². The first-order valence-corrected chi connectivity index (χ1v) is 15.6. The molecule has 4 aromatic rings. The predicted octanol–water partition coefficient (Wildman–Crippen LogP) is 3.56. The number of anilines is 1. The van der Waals surface area contributed by atoms with E-state index in [0.29, 0.717) is 6.07 Å². The summed E-state index contributed by atoms with van der Waals surface area (Å²) in [5.74, 6) is -3.04. The number of halogens is 7. The van der Waals surface area contributed by atoms with Crippen molar-refractivity contribution < 1.29 is 89.5 Å². The van der Waals surface area contributed by atoms with Gasteiger partial charge < -0.3 is 34.1 Å². The fourth-order valence-electron chi connectivity index (χ4n) is 5.39. The molecule has 54 heavy (non-hydrogen) atoms. The molecule has 0 saturated heterocycles. The summed E-state index contributed by atoms with van der Waals surface area (Å²) in [6.07, 6.45) is -7.54. The van der Waals surface area contributed by atoms with Crippen LogP contribution in [0, 0.1) is 17.1 Å². The van der Waals surface area contributed by atoms with Gasteiger partial charge in [0.05, 0.1) is 61.6 Å². The van der Waals surface area contributed by atoms with Crippen molar-refractivity contribution in [3.8, 4) is 34.4 Å². The molecule has 0 atom stereocenters. The van der Waals surface area contributed by atoms with Crippen molar-refractivity contribution in [2.75, 3.05) is 25.7 Å². The predicted molar refractivity (Wildman–Crippen MR) is 173 cm³/mol. The number of methoxy groups -OCH3 is 2. The average Bonchev–Trinajstić information content (AvgIpc) is 3.08. The summed E-state index contributed by atoms with van der Waals surface area (Å²) in [4.78, 5) is 20.5. The molecule has 0 amide bonds. The van der Waals surface area contributed by atoms with Crippen LogP contribution in [0.15, 0.2) is 54.9 Å². The summed E-state index contributed by atoms with van der Waals surface area (Å²) in [5.41, 5.74) is -4.93. The minimum absolute atomic E-state index is 0. The summed E-state index contributed by atoms with van der Waals surface area (Å²) in [6, 6.07) is 8.20. The molecule has 18 heteroatoms. The summed E-state index contributed by atoms with van der Waals surface area (Å²) in [6.45, 7) is 1.69. The number of nitrogens with zero attached hydrogens (tertiary/aromatic N) is 4. The number of rotatable bonds is 14. The first kappa shape index (κ1) is 43.8. The number of nitriles is 1. The molecule has 0 bridgehead atoms. The molecule has 0 aliphatic rings. The van der Waals surface area contributed by atoms with Crippen LogP contribution >= 0.6 is 0 Å². The van der Waals surface area contributed by atoms with Crippen LogP contribution < -0.4 is 53.8 Å². The Hall–Kier alpha value is -4.63. The minimum Gasteiger partial charge on any atom is -0.550 e. The number of aromatic nitrogens is 2. The SMILES string of the molecule is COc1cc(F)c(C(C)(C)O)cc1-c1cc(C(F)(F)F)c(OC)cc1CN(Cc1cc(C#N)cc(C(F)(F)F)c1)c1ncc(OCCCC(=O)[O-])cn1.[Na+]. The number of hydrogen-bond acceptors (Lipinski definition) is 10. The third-order valence-corrected chi connectivity index (χ3v) is 7.84. The van der Waals surface area contributed by atoms with Gasteiger partial charge in [-0.2, -0.15) is 31.6 Å². The fourth-order valence-corrected chi connectivity index (χ4v) is 5.39. The van der Waals surface area contributed by atoms with Crippen LogP contribution in [0.2, 0.25) is 0 Å². The number of benzene rings is 3. The van der Waals surface area contributed by atoms with E-state index >= 15 is 4.39 Å². The van der Waals surface area contributed by atoms with Crippen LogP contribution in [-0.2, 0) is 35.8 Å². The van der Waals surface area contributed by atoms with Crippen LogP contribution in [0.4, 0.5) is 36.7 Å². The van der Waals surface area contributed by atoms with Gasteiger partial charge in [0.1, 0.15) is 17.3 Å². The first-order valence-electron chi connectivity index (χ1n) is 15.6. The number of alkyl halides is 6. The molecular formula is C36H32F7N4NaO6. The maximum absolute atomic E-state index is 15.1. The Morgan fingerprint density at radius 2 is 1.52 bits per heavy atom. The Kier molecular flexibility index (Phi) is 14.3. The Balaban J connectivity index is 0.00000784. The van der Waals surface area contributed by atoms with Gasteiger partial charge in [-0.25, -0.2) is 14.4 Å². The molecule has 1 aromatic heterocycles. The van der Waals surface area contributed by atoms with Crippen LogP contribution in [0.3, 0.4) is 0 Å². The largest absolute Gasteiger partial charge is 1.00 e. The number of carbonyl (C=O) groups excluding carboxylic acids is 1. The van der Waals surface area contributed by atoms with E-state index in [2.05, 4.69) is 9.97 Å². The molecule has 3 aromatic carbocycles. The van der Waals surface area contributed by atoms with Gasteiger partial charge in [0.25, 0.3) is 0 Å². The summed E-state index contributed by atoms with van der Waals surface area (Å²) >= 11 is 0. The van der Waals surface area contributed by atoms with E-state index in [0.717, 1.165) is 37.4 Å². The number of carboxylic acid groups (broad SMARTS) is 1. The van der Waals surface area contributed by atoms with Crippen LogP contribution in [0.25, 0.3) is 11.1 Å². The molecule has 0 unspecified atom stereocenters. The first-order chi connectivity index (χ1) is 24.7. The van der Waals surface area contributed by atoms with E-state index in [1.807, 2.05) is 0 Å². The number of aliphatic carboxylic acids is 1. The zero-order chi connectivity index (χ0) is 39.3. The third kappa shape index (κ3) is 11.0. The van der Waals surface area contributed by atoms with E-state index in [1.165, 1.54) is 44.3 Å². The summed E-state index contributed by atoms with van der Waals surface area (Å²) in [7, 11) is 2.18. The second-order valence-corrected chi connectivity index (χ2v) is 12.2. The second-order valence-electron chi connectivity index (χ2n) is 12.2. The third-order valence-electron chi connectivity index (χ3n) is 7.84. The van der Waals surface area contributed by atoms with Gasteiger partial charge >= 0.3 is 41.9 Å². The molecule has 0 aliphatic heterocycles. The molecule has 282 valence electrons. The van der Waals surface area contributed by atoms with Crippen molar-refractivity contribution in [1.29, 1.82) is 5.26 Å². The zero-order valence-electron chi connectivity index (χ0n) is 29.7. The van der Waals surface area contributed by atoms with Crippen LogP contribution in [0.1, 0.15) is 60.1 Å². The van der Waals surface area contributed by atoms with Crippen molar-refractivity contribution in [3.63, 3.8) is 0 Å². The second kappa shape index (κ2) is 17.7. The minimum atomic E-state index is -4.95. The smallest absolute Gasteiger partial charge is 0.550 e. The average molecular weight is 773 g/mol. The number of carboxylic acids is 1. The van der Waals surface area contributed by atoms with Crippen molar-refractivity contribution in [1.82, 2.24) is 9.97 Å². The molecule has 0 fully saturated rings. The number of hydrogen-bond donors (Lipinski definition) is 1. The van der Waals surface area contributed by atoms with Gasteiger partial charge in [-0.15, -0.1) is 0 Å². The molecule has 0 saturated carbocycles. The summed E-state index contributed by atoms with van der Waals surface area (Å²) < 4.78 is 116. The standard InChI is InChI=1S/C36H33F7N4O6.Na/c1-34(2,50)27-13-26(30(51-3)14-29(27)37)25-12-28(36(41,42)43)31(52-4)11-22(25)19-47(18-21-8-20(15-44)9-23(10-21)35(38,39)40)33-45-16-24(17-46-33)53-7-5-6-32(48)49;/h8-14,16-17,50H,5-7,18-19H2,1-4H3,(H,48,49);/q;+1/p-1. The fraction of sp³-hybridized carbons (Fsp3) is 0.333. The van der Waals surface area contributed by atoms with E-state index < -0.39 is 59.7 Å². The van der Waals surface area contributed by atoms with E-state index in [4.69, 9.17) is 14.2 Å². The number of aliphatic hydroxyl groups is 1.